The van der Waals surface area contributed by atoms with Gasteiger partial charge in [0.15, 0.2) is 0 Å². The monoisotopic (exact) mass is 234 g/mol. The summed E-state index contributed by atoms with van der Waals surface area (Å²) in [7, 11) is 0. The fourth-order valence-corrected chi connectivity index (χ4v) is 1.81. The van der Waals surface area contributed by atoms with Crippen molar-refractivity contribution in [2.24, 2.45) is 0 Å². The highest BCUT2D eigenvalue weighted by atomic mass is 16.2. The molecule has 0 unspecified atom stereocenters. The van der Waals surface area contributed by atoms with Crippen LogP contribution in [0.5, 0.6) is 0 Å². The third-order valence-corrected chi connectivity index (χ3v) is 2.84. The lowest BCUT2D eigenvalue weighted by atomic mass is 10.1. The number of hydrogen-bond donors (Lipinski definition) is 0. The first-order valence-corrected chi connectivity index (χ1v) is 6.46. The second kappa shape index (κ2) is 8.74. The van der Waals surface area contributed by atoms with E-state index in [0.29, 0.717) is 6.42 Å². The molecule has 0 N–H and O–H groups in total. The molecule has 1 heterocycles. The molecule has 94 valence electrons. The topological polar surface area (TPSA) is 34.9 Å². The van der Waals surface area contributed by atoms with Crippen molar-refractivity contribution in [3.05, 3.63) is 31.4 Å². The molecule has 3 nitrogen and oxygen atoms in total. The molecule has 0 saturated carbocycles. The molecular formula is C14H22N2O. The summed E-state index contributed by atoms with van der Waals surface area (Å²) in [6.07, 6.45) is 15.8. The summed E-state index contributed by atoms with van der Waals surface area (Å²) >= 11 is 0. The summed E-state index contributed by atoms with van der Waals surface area (Å²) in [5, 5.41) is 0. The highest BCUT2D eigenvalue weighted by Crippen LogP contribution is 2.09. The van der Waals surface area contributed by atoms with Crippen molar-refractivity contribution in [3.8, 4) is 0 Å². The maximum absolute atomic E-state index is 11.6. The van der Waals surface area contributed by atoms with Crippen molar-refractivity contribution in [3.63, 3.8) is 0 Å². The van der Waals surface area contributed by atoms with Crippen molar-refractivity contribution >= 4 is 5.91 Å². The Bertz CT molecular complexity index is 317. The van der Waals surface area contributed by atoms with Crippen LogP contribution in [0.2, 0.25) is 0 Å². The molecule has 0 aliphatic heterocycles. The normalized spacial score (nSPS) is 10.4. The van der Waals surface area contributed by atoms with Gasteiger partial charge in [-0.05, 0) is 19.3 Å². The molecule has 1 aromatic heterocycles. The third-order valence-electron chi connectivity index (χ3n) is 2.84. The van der Waals surface area contributed by atoms with Crippen LogP contribution in [0.4, 0.5) is 0 Å². The first kappa shape index (κ1) is 13.7. The fourth-order valence-electron chi connectivity index (χ4n) is 1.81. The van der Waals surface area contributed by atoms with Gasteiger partial charge in [-0.25, -0.2) is 4.98 Å². The molecule has 3 heteroatoms. The standard InChI is InChI=1S/C14H22N2O/c1-2-3-4-5-6-7-8-9-10-14(17)16-12-11-15-13-16/h2,11-13H,1,3-10H2. The lowest BCUT2D eigenvalue weighted by Gasteiger charge is -2.01. The van der Waals surface area contributed by atoms with Crippen molar-refractivity contribution < 1.29 is 4.79 Å². The summed E-state index contributed by atoms with van der Waals surface area (Å²) in [5.41, 5.74) is 0. The molecule has 0 spiro atoms. The van der Waals surface area contributed by atoms with E-state index in [0.717, 1.165) is 19.3 Å². The van der Waals surface area contributed by atoms with Gasteiger partial charge in [-0.15, -0.1) is 6.58 Å². The van der Waals surface area contributed by atoms with Gasteiger partial charge in [0.05, 0.1) is 0 Å². The van der Waals surface area contributed by atoms with Crippen LogP contribution < -0.4 is 0 Å². The lowest BCUT2D eigenvalue weighted by molar-refractivity contribution is 0.0899. The molecule has 0 aliphatic rings. The summed E-state index contributed by atoms with van der Waals surface area (Å²) < 4.78 is 1.56. The van der Waals surface area contributed by atoms with Crippen molar-refractivity contribution in [1.82, 2.24) is 9.55 Å². The molecule has 0 saturated heterocycles. The van der Waals surface area contributed by atoms with E-state index in [1.165, 1.54) is 25.7 Å². The van der Waals surface area contributed by atoms with E-state index in [4.69, 9.17) is 0 Å². The number of unbranched alkanes of at least 4 members (excludes halogenated alkanes) is 6. The molecule has 1 rings (SSSR count). The third kappa shape index (κ3) is 6.05. The number of rotatable bonds is 9. The van der Waals surface area contributed by atoms with Gasteiger partial charge in [0.2, 0.25) is 5.91 Å². The first-order chi connectivity index (χ1) is 8.34. The minimum atomic E-state index is 0.147. The average Bonchev–Trinajstić information content (AvgIpc) is 2.86. The van der Waals surface area contributed by atoms with E-state index in [9.17, 15) is 4.79 Å². The van der Waals surface area contributed by atoms with Gasteiger partial charge in [-0.1, -0.05) is 31.8 Å². The lowest BCUT2D eigenvalue weighted by Crippen LogP contribution is -2.07. The van der Waals surface area contributed by atoms with Crippen LogP contribution in [0.3, 0.4) is 0 Å². The van der Waals surface area contributed by atoms with Crippen LogP contribution in [-0.2, 0) is 0 Å². The Hall–Kier alpha value is -1.38. The van der Waals surface area contributed by atoms with Crippen LogP contribution in [-0.4, -0.2) is 15.5 Å². The van der Waals surface area contributed by atoms with Crippen LogP contribution in [0.15, 0.2) is 31.4 Å². The largest absolute Gasteiger partial charge is 0.276 e. The zero-order valence-electron chi connectivity index (χ0n) is 10.5. The molecule has 0 fully saturated rings. The molecule has 1 aromatic rings. The second-order valence-electron chi connectivity index (χ2n) is 4.31. The predicted molar refractivity (Wildman–Crippen MR) is 70.0 cm³/mol. The molecule has 0 radical (unpaired) electrons. The van der Waals surface area contributed by atoms with Gasteiger partial charge >= 0.3 is 0 Å². The quantitative estimate of drug-likeness (QED) is 0.481. The van der Waals surface area contributed by atoms with Gasteiger partial charge in [-0.3, -0.25) is 9.36 Å². The minimum Gasteiger partial charge on any atom is -0.276 e. The SMILES string of the molecule is C=CCCCCCCCCC(=O)n1ccnc1. The Morgan fingerprint density at radius 1 is 1.18 bits per heavy atom. The van der Waals surface area contributed by atoms with Gasteiger partial charge in [0.25, 0.3) is 0 Å². The number of carbonyl (C=O) groups is 1. The smallest absolute Gasteiger partial charge is 0.231 e. The van der Waals surface area contributed by atoms with Crippen LogP contribution >= 0.6 is 0 Å². The summed E-state index contributed by atoms with van der Waals surface area (Å²) in [5.74, 6) is 0.147. The summed E-state index contributed by atoms with van der Waals surface area (Å²) in [6, 6.07) is 0. The van der Waals surface area contributed by atoms with Gasteiger partial charge in [0, 0.05) is 18.8 Å². The predicted octanol–water partition coefficient (Wildman–Crippen LogP) is 3.83. The number of carbonyl (C=O) groups excluding carboxylic acids is 1. The summed E-state index contributed by atoms with van der Waals surface area (Å²) in [6.45, 7) is 3.71. The maximum atomic E-state index is 11.6. The zero-order chi connectivity index (χ0) is 12.3. The van der Waals surface area contributed by atoms with E-state index in [-0.39, 0.29) is 5.91 Å². The first-order valence-electron chi connectivity index (χ1n) is 6.46. The van der Waals surface area contributed by atoms with E-state index >= 15 is 0 Å². The second-order valence-corrected chi connectivity index (χ2v) is 4.31. The number of aromatic nitrogens is 2. The highest BCUT2D eigenvalue weighted by Gasteiger charge is 2.02. The number of nitrogens with zero attached hydrogens (tertiary/aromatic N) is 2. The zero-order valence-corrected chi connectivity index (χ0v) is 10.5. The average molecular weight is 234 g/mol. The molecule has 0 atom stereocenters. The minimum absolute atomic E-state index is 0.147. The van der Waals surface area contributed by atoms with Gasteiger partial charge in [-0.2, -0.15) is 0 Å². The van der Waals surface area contributed by atoms with E-state index in [1.807, 2.05) is 6.08 Å². The Kier molecular flexibility index (Phi) is 7.03. The van der Waals surface area contributed by atoms with E-state index in [2.05, 4.69) is 11.6 Å². The van der Waals surface area contributed by atoms with E-state index < -0.39 is 0 Å². The fraction of sp³-hybridized carbons (Fsp3) is 0.571. The Balaban J connectivity index is 1.94. The van der Waals surface area contributed by atoms with E-state index in [1.54, 1.807) is 23.3 Å². The molecular weight excluding hydrogens is 212 g/mol. The molecule has 0 bridgehead atoms. The van der Waals surface area contributed by atoms with Crippen LogP contribution in [0, 0.1) is 0 Å². The van der Waals surface area contributed by atoms with Crippen molar-refractivity contribution in [2.45, 2.75) is 51.4 Å². The molecule has 0 amide bonds. The van der Waals surface area contributed by atoms with Gasteiger partial charge in [0.1, 0.15) is 6.33 Å². The molecule has 17 heavy (non-hydrogen) atoms. The van der Waals surface area contributed by atoms with Crippen LogP contribution in [0.1, 0.15) is 56.2 Å². The van der Waals surface area contributed by atoms with Gasteiger partial charge < -0.3 is 0 Å². The Morgan fingerprint density at radius 2 is 1.88 bits per heavy atom. The maximum Gasteiger partial charge on any atom is 0.231 e. The highest BCUT2D eigenvalue weighted by molar-refractivity contribution is 5.78. The van der Waals surface area contributed by atoms with Crippen molar-refractivity contribution in [1.29, 1.82) is 0 Å². The van der Waals surface area contributed by atoms with Crippen molar-refractivity contribution in [2.75, 3.05) is 0 Å². The summed E-state index contributed by atoms with van der Waals surface area (Å²) in [4.78, 5) is 15.5. The number of hydrogen-bond acceptors (Lipinski definition) is 2. The van der Waals surface area contributed by atoms with Crippen LogP contribution in [0.25, 0.3) is 0 Å². The molecule has 0 aliphatic carbocycles. The Morgan fingerprint density at radius 3 is 2.53 bits per heavy atom. The molecule has 0 aromatic carbocycles. The number of imidazole rings is 1. The number of allylic oxidation sites excluding steroid dienone is 1. The Labute approximate surface area is 104 Å².